The molecule has 0 amide bonds. The molecule has 0 saturated carbocycles. The van der Waals surface area contributed by atoms with E-state index in [1.54, 1.807) is 0 Å². The maximum atomic E-state index is 9.60. The van der Waals surface area contributed by atoms with Crippen molar-refractivity contribution in [1.29, 1.82) is 0 Å². The number of hydrogen-bond donors (Lipinski definition) is 0. The van der Waals surface area contributed by atoms with Gasteiger partial charge in [0.05, 0.1) is 6.61 Å². The molecular formula is C7H15NO2S. The SMILES string of the molecule is CS(C)(C)CCOCN=C=O. The lowest BCUT2D eigenvalue weighted by atomic mass is 10.9. The van der Waals surface area contributed by atoms with Gasteiger partial charge >= 0.3 is 0 Å². The van der Waals surface area contributed by atoms with Crippen LogP contribution in [-0.4, -0.2) is 43.9 Å². The van der Waals surface area contributed by atoms with Gasteiger partial charge < -0.3 is 4.74 Å². The van der Waals surface area contributed by atoms with Gasteiger partial charge in [0.15, 0.2) is 0 Å². The molecule has 0 atom stereocenters. The third kappa shape index (κ3) is 9.69. The molecular weight excluding hydrogens is 162 g/mol. The van der Waals surface area contributed by atoms with E-state index in [9.17, 15) is 4.79 Å². The van der Waals surface area contributed by atoms with Gasteiger partial charge in [-0.05, 0) is 18.8 Å². The number of aliphatic imine (C=N–C) groups is 1. The zero-order valence-electron chi connectivity index (χ0n) is 7.29. The van der Waals surface area contributed by atoms with Crippen LogP contribution in [0.2, 0.25) is 0 Å². The summed E-state index contributed by atoms with van der Waals surface area (Å²) in [4.78, 5) is 12.9. The highest BCUT2D eigenvalue weighted by Gasteiger charge is 2.02. The zero-order chi connectivity index (χ0) is 8.74. The van der Waals surface area contributed by atoms with Crippen molar-refractivity contribution in [1.82, 2.24) is 0 Å². The number of ether oxygens (including phenoxy) is 1. The summed E-state index contributed by atoms with van der Waals surface area (Å²) in [6.45, 7) is 0.836. The molecule has 0 saturated heterocycles. The molecule has 0 aliphatic rings. The first kappa shape index (κ1) is 10.7. The smallest absolute Gasteiger partial charge is 0.237 e. The van der Waals surface area contributed by atoms with Crippen molar-refractivity contribution in [2.75, 3.05) is 37.9 Å². The molecule has 0 aromatic carbocycles. The van der Waals surface area contributed by atoms with Crippen molar-refractivity contribution < 1.29 is 9.53 Å². The second-order valence-corrected chi connectivity index (χ2v) is 7.67. The van der Waals surface area contributed by atoms with Crippen LogP contribution in [0.5, 0.6) is 0 Å². The van der Waals surface area contributed by atoms with Gasteiger partial charge in [-0.1, -0.05) is 0 Å². The Hall–Kier alpha value is -0.310. The number of carbonyl (C=O) groups excluding carboxylic acids is 1. The van der Waals surface area contributed by atoms with E-state index in [2.05, 4.69) is 23.8 Å². The van der Waals surface area contributed by atoms with Crippen LogP contribution >= 0.6 is 10.0 Å². The third-order valence-electron chi connectivity index (χ3n) is 1.06. The van der Waals surface area contributed by atoms with Gasteiger partial charge in [0, 0.05) is 5.75 Å². The van der Waals surface area contributed by atoms with E-state index in [1.807, 2.05) is 0 Å². The minimum absolute atomic E-state index is 0.152. The van der Waals surface area contributed by atoms with Crippen LogP contribution < -0.4 is 0 Å². The molecule has 4 heteroatoms. The van der Waals surface area contributed by atoms with Crippen LogP contribution in [0.25, 0.3) is 0 Å². The minimum atomic E-state index is -0.477. The zero-order valence-corrected chi connectivity index (χ0v) is 8.11. The summed E-state index contributed by atoms with van der Waals surface area (Å²) < 4.78 is 5.04. The quantitative estimate of drug-likeness (QED) is 0.357. The normalized spacial score (nSPS) is 12.3. The number of nitrogens with zero attached hydrogens (tertiary/aromatic N) is 1. The molecule has 0 fully saturated rings. The van der Waals surface area contributed by atoms with Gasteiger partial charge in [0.25, 0.3) is 0 Å². The molecule has 66 valence electrons. The van der Waals surface area contributed by atoms with E-state index in [0.717, 1.165) is 5.75 Å². The molecule has 0 rings (SSSR count). The summed E-state index contributed by atoms with van der Waals surface area (Å²) in [5.41, 5.74) is 0. The number of isocyanates is 1. The Bertz CT molecular complexity index is 147. The van der Waals surface area contributed by atoms with Gasteiger partial charge in [-0.15, -0.1) is 0 Å². The van der Waals surface area contributed by atoms with Crippen LogP contribution in [0.15, 0.2) is 4.99 Å². The lowest BCUT2D eigenvalue weighted by Gasteiger charge is -2.24. The fourth-order valence-corrected chi connectivity index (χ4v) is 1.06. The van der Waals surface area contributed by atoms with Crippen molar-refractivity contribution in [2.45, 2.75) is 0 Å². The van der Waals surface area contributed by atoms with Crippen LogP contribution in [0.1, 0.15) is 0 Å². The van der Waals surface area contributed by atoms with E-state index in [-0.39, 0.29) is 6.73 Å². The molecule has 0 aromatic rings. The molecule has 0 unspecified atom stereocenters. The predicted octanol–water partition coefficient (Wildman–Crippen LogP) is 0.990. The van der Waals surface area contributed by atoms with Gasteiger partial charge in [0.1, 0.15) is 6.73 Å². The largest absolute Gasteiger partial charge is 0.358 e. The summed E-state index contributed by atoms with van der Waals surface area (Å²) in [6, 6.07) is 0. The molecule has 0 aliphatic carbocycles. The summed E-state index contributed by atoms with van der Waals surface area (Å²) in [6.07, 6.45) is 8.09. The summed E-state index contributed by atoms with van der Waals surface area (Å²) in [5.74, 6) is 1.06. The Morgan fingerprint density at radius 1 is 1.45 bits per heavy atom. The van der Waals surface area contributed by atoms with Crippen molar-refractivity contribution in [3.8, 4) is 0 Å². The van der Waals surface area contributed by atoms with E-state index in [1.165, 1.54) is 6.08 Å². The fourth-order valence-electron chi connectivity index (χ4n) is 0.445. The Kier molecular flexibility index (Phi) is 5.20. The molecule has 0 heterocycles. The molecule has 0 aliphatic heterocycles. The lowest BCUT2D eigenvalue weighted by molar-refractivity contribution is 0.158. The highest BCUT2D eigenvalue weighted by Crippen LogP contribution is 2.33. The highest BCUT2D eigenvalue weighted by atomic mass is 32.3. The topological polar surface area (TPSA) is 38.7 Å². The maximum absolute atomic E-state index is 9.60. The first-order valence-corrected chi connectivity index (χ1v) is 6.36. The van der Waals surface area contributed by atoms with Crippen molar-refractivity contribution >= 4 is 16.1 Å². The molecule has 0 radical (unpaired) electrons. The number of rotatable bonds is 5. The van der Waals surface area contributed by atoms with E-state index >= 15 is 0 Å². The van der Waals surface area contributed by atoms with Gasteiger partial charge in [-0.2, -0.15) is 4.99 Å². The van der Waals surface area contributed by atoms with Crippen molar-refractivity contribution in [2.24, 2.45) is 4.99 Å². The van der Waals surface area contributed by atoms with Crippen LogP contribution in [0.4, 0.5) is 0 Å². The predicted molar refractivity (Wildman–Crippen MR) is 49.2 cm³/mol. The standard InChI is InChI=1S/C7H15NO2S/c1-11(2,3)5-4-10-7-8-6-9/h4-5,7H2,1-3H3. The highest BCUT2D eigenvalue weighted by molar-refractivity contribution is 8.32. The second kappa shape index (κ2) is 5.35. The maximum Gasteiger partial charge on any atom is 0.237 e. The monoisotopic (exact) mass is 177 g/mol. The Balaban J connectivity index is 3.21. The molecule has 0 bridgehead atoms. The van der Waals surface area contributed by atoms with Crippen molar-refractivity contribution in [3.05, 3.63) is 0 Å². The third-order valence-corrected chi connectivity index (χ3v) is 2.45. The summed E-state index contributed by atoms with van der Waals surface area (Å²) in [5, 5.41) is 0. The Labute approximate surface area is 69.2 Å². The molecule has 3 nitrogen and oxygen atoms in total. The van der Waals surface area contributed by atoms with Gasteiger partial charge in [-0.3, -0.25) is 0 Å². The van der Waals surface area contributed by atoms with Crippen molar-refractivity contribution in [3.63, 3.8) is 0 Å². The summed E-state index contributed by atoms with van der Waals surface area (Å²) >= 11 is 0. The second-order valence-electron chi connectivity index (χ2n) is 3.08. The van der Waals surface area contributed by atoms with Crippen LogP contribution in [0.3, 0.4) is 0 Å². The molecule has 0 aromatic heterocycles. The average molecular weight is 177 g/mol. The molecule has 0 spiro atoms. The minimum Gasteiger partial charge on any atom is -0.358 e. The Morgan fingerprint density at radius 2 is 2.09 bits per heavy atom. The lowest BCUT2D eigenvalue weighted by Crippen LogP contribution is -2.06. The van der Waals surface area contributed by atoms with E-state index in [0.29, 0.717) is 6.61 Å². The van der Waals surface area contributed by atoms with E-state index < -0.39 is 10.0 Å². The fraction of sp³-hybridized carbons (Fsp3) is 0.857. The first-order valence-electron chi connectivity index (χ1n) is 3.33. The van der Waals surface area contributed by atoms with Gasteiger partial charge in [0.2, 0.25) is 6.08 Å². The van der Waals surface area contributed by atoms with E-state index in [4.69, 9.17) is 4.74 Å². The molecule has 0 N–H and O–H groups in total. The number of hydrogen-bond acceptors (Lipinski definition) is 3. The molecule has 11 heavy (non-hydrogen) atoms. The van der Waals surface area contributed by atoms with Crippen LogP contribution in [0, 0.1) is 0 Å². The summed E-state index contributed by atoms with van der Waals surface area (Å²) in [7, 11) is -0.477. The Morgan fingerprint density at radius 3 is 2.55 bits per heavy atom. The van der Waals surface area contributed by atoms with Crippen LogP contribution in [-0.2, 0) is 9.53 Å². The first-order chi connectivity index (χ1) is 5.06. The average Bonchev–Trinajstić information content (AvgIpc) is 1.85. The van der Waals surface area contributed by atoms with Gasteiger partial charge in [-0.25, -0.2) is 14.8 Å².